The van der Waals surface area contributed by atoms with E-state index in [0.717, 1.165) is 22.7 Å². The minimum absolute atomic E-state index is 0.381. The van der Waals surface area contributed by atoms with E-state index < -0.39 is 34.0 Å². The van der Waals surface area contributed by atoms with E-state index in [9.17, 15) is 17.8 Å². The van der Waals surface area contributed by atoms with E-state index in [1.165, 1.54) is 0 Å². The van der Waals surface area contributed by atoms with Gasteiger partial charge in [-0.05, 0) is 36.4 Å². The Balaban J connectivity index is 2.19. The summed E-state index contributed by atoms with van der Waals surface area (Å²) in [5, 5.41) is 0. The zero-order valence-electron chi connectivity index (χ0n) is 10.1. The maximum absolute atomic E-state index is 13.4. The average molecular weight is 359 g/mol. The third-order valence-electron chi connectivity index (χ3n) is 2.55. The quantitative estimate of drug-likeness (QED) is 0.780. The zero-order chi connectivity index (χ0) is 14.7. The van der Waals surface area contributed by atoms with Crippen LogP contribution in [0.5, 0.6) is 0 Å². The Bertz CT molecular complexity index is 689. The van der Waals surface area contributed by atoms with Gasteiger partial charge >= 0.3 is 0 Å². The van der Waals surface area contributed by atoms with Crippen molar-refractivity contribution < 1.29 is 17.8 Å². The van der Waals surface area contributed by atoms with Crippen LogP contribution in [0.3, 0.4) is 0 Å². The molecule has 6 heteroatoms. The molecule has 1 atom stereocenters. The van der Waals surface area contributed by atoms with Crippen LogP contribution in [0.1, 0.15) is 10.4 Å². The molecule has 0 radical (unpaired) electrons. The number of benzene rings is 2. The van der Waals surface area contributed by atoms with Crippen molar-refractivity contribution in [3.05, 3.63) is 64.1 Å². The van der Waals surface area contributed by atoms with Crippen molar-refractivity contribution in [2.75, 3.05) is 5.75 Å². The summed E-state index contributed by atoms with van der Waals surface area (Å²) >= 11 is 3.23. The van der Waals surface area contributed by atoms with Gasteiger partial charge in [-0.1, -0.05) is 22.0 Å². The summed E-state index contributed by atoms with van der Waals surface area (Å²) in [6, 6.07) is 9.29. The molecule has 2 nitrogen and oxygen atoms in total. The van der Waals surface area contributed by atoms with Gasteiger partial charge in [-0.3, -0.25) is 9.00 Å². The van der Waals surface area contributed by atoms with Crippen LogP contribution in [-0.4, -0.2) is 15.7 Å². The molecule has 2 aromatic rings. The third-order valence-corrected chi connectivity index (χ3v) is 4.35. The van der Waals surface area contributed by atoms with Crippen LogP contribution in [0.15, 0.2) is 51.8 Å². The second kappa shape index (κ2) is 6.37. The highest BCUT2D eigenvalue weighted by atomic mass is 79.9. The Kier molecular flexibility index (Phi) is 4.77. The Morgan fingerprint density at radius 3 is 2.60 bits per heavy atom. The van der Waals surface area contributed by atoms with Gasteiger partial charge in [-0.15, -0.1) is 0 Å². The SMILES string of the molecule is O=C(CS(=O)c1cccc(Br)c1)c1cc(F)ccc1F. The largest absolute Gasteiger partial charge is 0.293 e. The fourth-order valence-electron chi connectivity index (χ4n) is 1.60. The Morgan fingerprint density at radius 2 is 1.90 bits per heavy atom. The van der Waals surface area contributed by atoms with E-state index in [2.05, 4.69) is 15.9 Å². The molecule has 0 aliphatic heterocycles. The van der Waals surface area contributed by atoms with Crippen molar-refractivity contribution in [1.29, 1.82) is 0 Å². The summed E-state index contributed by atoms with van der Waals surface area (Å²) in [5.74, 6) is -2.61. The van der Waals surface area contributed by atoms with Gasteiger partial charge in [0.1, 0.15) is 11.6 Å². The van der Waals surface area contributed by atoms with Crippen LogP contribution in [0.4, 0.5) is 8.78 Å². The van der Waals surface area contributed by atoms with Crippen LogP contribution in [-0.2, 0) is 10.8 Å². The van der Waals surface area contributed by atoms with E-state index in [4.69, 9.17) is 0 Å². The summed E-state index contributed by atoms with van der Waals surface area (Å²) in [7, 11) is -1.61. The highest BCUT2D eigenvalue weighted by Gasteiger charge is 2.17. The predicted octanol–water partition coefficient (Wildman–Crippen LogP) is 3.72. The summed E-state index contributed by atoms with van der Waals surface area (Å²) in [6.07, 6.45) is 0. The van der Waals surface area contributed by atoms with Crippen molar-refractivity contribution in [3.8, 4) is 0 Å². The van der Waals surface area contributed by atoms with E-state index in [0.29, 0.717) is 4.90 Å². The molecule has 0 fully saturated rings. The van der Waals surface area contributed by atoms with Crippen molar-refractivity contribution in [3.63, 3.8) is 0 Å². The van der Waals surface area contributed by atoms with Gasteiger partial charge in [0.25, 0.3) is 0 Å². The highest BCUT2D eigenvalue weighted by molar-refractivity contribution is 9.10. The molecule has 20 heavy (non-hydrogen) atoms. The maximum atomic E-state index is 13.4. The van der Waals surface area contributed by atoms with Gasteiger partial charge < -0.3 is 0 Å². The standard InChI is InChI=1S/C14H9BrF2O2S/c15-9-2-1-3-11(6-9)20(19)8-14(18)12-7-10(16)4-5-13(12)17/h1-7H,8H2. The van der Waals surface area contributed by atoms with Gasteiger partial charge in [0.05, 0.1) is 22.1 Å². The smallest absolute Gasteiger partial charge is 0.178 e. The van der Waals surface area contributed by atoms with Crippen LogP contribution in [0.2, 0.25) is 0 Å². The summed E-state index contributed by atoms with van der Waals surface area (Å²) in [6.45, 7) is 0. The van der Waals surface area contributed by atoms with Gasteiger partial charge in [0, 0.05) is 9.37 Å². The van der Waals surface area contributed by atoms with Crippen LogP contribution >= 0.6 is 15.9 Å². The normalized spacial score (nSPS) is 12.2. The molecule has 0 spiro atoms. The van der Waals surface area contributed by atoms with E-state index >= 15 is 0 Å². The Labute approximate surface area is 125 Å². The number of hydrogen-bond acceptors (Lipinski definition) is 2. The number of ketones is 1. The molecule has 0 N–H and O–H groups in total. The average Bonchev–Trinajstić information content (AvgIpc) is 2.41. The minimum Gasteiger partial charge on any atom is -0.293 e. The highest BCUT2D eigenvalue weighted by Crippen LogP contribution is 2.17. The Morgan fingerprint density at radius 1 is 1.15 bits per heavy atom. The monoisotopic (exact) mass is 358 g/mol. The molecule has 0 aromatic heterocycles. The fraction of sp³-hybridized carbons (Fsp3) is 0.0714. The third kappa shape index (κ3) is 3.58. The minimum atomic E-state index is -1.61. The molecule has 1 unspecified atom stereocenters. The molecule has 0 aliphatic carbocycles. The molecule has 0 amide bonds. The van der Waals surface area contributed by atoms with Crippen LogP contribution in [0, 0.1) is 11.6 Å². The van der Waals surface area contributed by atoms with Gasteiger partial charge in [-0.2, -0.15) is 0 Å². The first-order chi connectivity index (χ1) is 9.47. The predicted molar refractivity (Wildman–Crippen MR) is 76.1 cm³/mol. The van der Waals surface area contributed by atoms with Crippen molar-refractivity contribution in [2.45, 2.75) is 4.90 Å². The molecule has 2 aromatic carbocycles. The molecule has 0 heterocycles. The first kappa shape index (κ1) is 15.0. The molecule has 0 saturated carbocycles. The zero-order valence-corrected chi connectivity index (χ0v) is 12.5. The molecular weight excluding hydrogens is 350 g/mol. The van der Waals surface area contributed by atoms with Crippen molar-refractivity contribution in [2.24, 2.45) is 0 Å². The lowest BCUT2D eigenvalue weighted by Crippen LogP contribution is -2.13. The summed E-state index contributed by atoms with van der Waals surface area (Å²) in [5.41, 5.74) is -0.381. The lowest BCUT2D eigenvalue weighted by Gasteiger charge is -2.04. The lowest BCUT2D eigenvalue weighted by atomic mass is 10.1. The van der Waals surface area contributed by atoms with Gasteiger partial charge in [-0.25, -0.2) is 8.78 Å². The van der Waals surface area contributed by atoms with Gasteiger partial charge in [0.2, 0.25) is 0 Å². The summed E-state index contributed by atoms with van der Waals surface area (Å²) in [4.78, 5) is 12.3. The second-order valence-electron chi connectivity index (χ2n) is 3.99. The number of halogens is 3. The number of hydrogen-bond donors (Lipinski definition) is 0. The number of carbonyl (C=O) groups excluding carboxylic acids is 1. The summed E-state index contributed by atoms with van der Waals surface area (Å²) < 4.78 is 39.2. The number of rotatable bonds is 4. The van der Waals surface area contributed by atoms with E-state index in [1.807, 2.05) is 0 Å². The topological polar surface area (TPSA) is 34.1 Å². The second-order valence-corrected chi connectivity index (χ2v) is 6.36. The van der Waals surface area contributed by atoms with Crippen molar-refractivity contribution >= 4 is 32.5 Å². The van der Waals surface area contributed by atoms with Crippen LogP contribution in [0.25, 0.3) is 0 Å². The molecule has 104 valence electrons. The molecule has 0 bridgehead atoms. The van der Waals surface area contributed by atoms with Crippen molar-refractivity contribution in [1.82, 2.24) is 0 Å². The fourth-order valence-corrected chi connectivity index (χ4v) is 3.20. The molecule has 0 saturated heterocycles. The van der Waals surface area contributed by atoms with E-state index in [-0.39, 0.29) is 5.56 Å². The lowest BCUT2D eigenvalue weighted by molar-refractivity contribution is 0.101. The van der Waals surface area contributed by atoms with Crippen LogP contribution < -0.4 is 0 Å². The number of carbonyl (C=O) groups is 1. The van der Waals surface area contributed by atoms with Gasteiger partial charge in [0.15, 0.2) is 5.78 Å². The molecule has 0 aliphatic rings. The first-order valence-electron chi connectivity index (χ1n) is 5.59. The molecular formula is C14H9BrF2O2S. The Hall–Kier alpha value is -1.40. The molecule has 2 rings (SSSR count). The van der Waals surface area contributed by atoms with E-state index in [1.54, 1.807) is 24.3 Å². The maximum Gasteiger partial charge on any atom is 0.178 e. The first-order valence-corrected chi connectivity index (χ1v) is 7.71. The number of Topliss-reactive ketones (excluding diaryl/α,β-unsaturated/α-hetero) is 1.